The molecule has 0 spiro atoms. The summed E-state index contributed by atoms with van der Waals surface area (Å²) >= 11 is 0. The maximum atomic E-state index is 5.25. The van der Waals surface area contributed by atoms with Crippen molar-refractivity contribution in [3.05, 3.63) is 30.0 Å². The molecule has 0 unspecified atom stereocenters. The molecule has 2 fully saturated rings. The fourth-order valence-corrected chi connectivity index (χ4v) is 4.30. The Hall–Kier alpha value is -2.50. The monoisotopic (exact) mass is 363 g/mol. The van der Waals surface area contributed by atoms with Gasteiger partial charge in [-0.25, -0.2) is 19.9 Å². The lowest BCUT2D eigenvalue weighted by Gasteiger charge is -2.20. The average Bonchev–Trinajstić information content (AvgIpc) is 3.60. The lowest BCUT2D eigenvalue weighted by molar-refractivity contribution is 0.391. The molecule has 0 N–H and O–H groups in total. The van der Waals surface area contributed by atoms with Gasteiger partial charge in [0.05, 0.1) is 12.8 Å². The molecule has 0 aliphatic heterocycles. The summed E-state index contributed by atoms with van der Waals surface area (Å²) in [4.78, 5) is 18.8. The van der Waals surface area contributed by atoms with E-state index >= 15 is 0 Å². The summed E-state index contributed by atoms with van der Waals surface area (Å²) in [7, 11) is 1.63. The van der Waals surface area contributed by atoms with Crippen molar-refractivity contribution in [2.75, 3.05) is 7.11 Å². The van der Waals surface area contributed by atoms with E-state index in [1.165, 1.54) is 25.7 Å². The maximum Gasteiger partial charge on any atom is 0.213 e. The highest BCUT2D eigenvalue weighted by Crippen LogP contribution is 2.53. The number of hydrogen-bond acceptors (Lipinski definition) is 5. The Morgan fingerprint density at radius 2 is 1.85 bits per heavy atom. The van der Waals surface area contributed by atoms with Crippen LogP contribution in [0.15, 0.2) is 18.5 Å². The normalized spacial score (nSPS) is 17.0. The minimum absolute atomic E-state index is 0.558. The van der Waals surface area contributed by atoms with E-state index in [0.29, 0.717) is 11.9 Å². The molecule has 3 aromatic rings. The second kappa shape index (κ2) is 6.29. The number of aryl methyl sites for hydroxylation is 2. The third-order valence-corrected chi connectivity index (χ3v) is 5.90. The van der Waals surface area contributed by atoms with Crippen molar-refractivity contribution in [1.82, 2.24) is 24.5 Å². The van der Waals surface area contributed by atoms with Crippen LogP contribution in [0.4, 0.5) is 0 Å². The SMILES string of the molecule is CCc1nc2c(-c3ccc(OC)nc3C)ncnc2n1C(C1CC1)C1CC1. The molecular weight excluding hydrogens is 338 g/mol. The number of nitrogens with zero attached hydrogens (tertiary/aromatic N) is 5. The first kappa shape index (κ1) is 16.7. The zero-order valence-corrected chi connectivity index (χ0v) is 16.1. The van der Waals surface area contributed by atoms with Crippen molar-refractivity contribution in [3.8, 4) is 17.1 Å². The van der Waals surface area contributed by atoms with Crippen molar-refractivity contribution in [1.29, 1.82) is 0 Å². The van der Waals surface area contributed by atoms with E-state index in [4.69, 9.17) is 9.72 Å². The molecular formula is C21H25N5O. The summed E-state index contributed by atoms with van der Waals surface area (Å²) in [6, 6.07) is 4.46. The molecule has 0 bridgehead atoms. The van der Waals surface area contributed by atoms with Crippen LogP contribution in [-0.2, 0) is 6.42 Å². The molecule has 2 aliphatic carbocycles. The van der Waals surface area contributed by atoms with Crippen LogP contribution in [0, 0.1) is 18.8 Å². The summed E-state index contributed by atoms with van der Waals surface area (Å²) in [5, 5.41) is 0. The predicted molar refractivity (Wildman–Crippen MR) is 104 cm³/mol. The molecule has 0 radical (unpaired) electrons. The lowest BCUT2D eigenvalue weighted by Crippen LogP contribution is -2.16. The van der Waals surface area contributed by atoms with E-state index in [9.17, 15) is 0 Å². The fraction of sp³-hybridized carbons (Fsp3) is 0.524. The predicted octanol–water partition coefficient (Wildman–Crippen LogP) is 4.13. The van der Waals surface area contributed by atoms with Gasteiger partial charge in [-0.2, -0.15) is 0 Å². The summed E-state index contributed by atoms with van der Waals surface area (Å²) in [6.45, 7) is 4.17. The van der Waals surface area contributed by atoms with E-state index in [0.717, 1.165) is 52.2 Å². The average molecular weight is 363 g/mol. The van der Waals surface area contributed by atoms with Gasteiger partial charge in [0.2, 0.25) is 5.88 Å². The molecule has 0 atom stereocenters. The summed E-state index contributed by atoms with van der Waals surface area (Å²) in [5.74, 6) is 3.34. The zero-order chi connectivity index (χ0) is 18.5. The Bertz CT molecular complexity index is 991. The van der Waals surface area contributed by atoms with Crippen molar-refractivity contribution < 1.29 is 4.74 Å². The highest BCUT2D eigenvalue weighted by atomic mass is 16.5. The molecule has 2 aliphatic rings. The first-order valence-corrected chi connectivity index (χ1v) is 9.95. The van der Waals surface area contributed by atoms with Gasteiger partial charge in [0, 0.05) is 24.1 Å². The van der Waals surface area contributed by atoms with E-state index in [2.05, 4.69) is 26.4 Å². The minimum atomic E-state index is 0.558. The molecule has 0 aromatic carbocycles. The number of pyridine rings is 1. The molecule has 6 heteroatoms. The van der Waals surface area contributed by atoms with Crippen molar-refractivity contribution in [2.45, 2.75) is 52.0 Å². The fourth-order valence-electron chi connectivity index (χ4n) is 4.30. The van der Waals surface area contributed by atoms with Crippen LogP contribution < -0.4 is 4.74 Å². The Kier molecular flexibility index (Phi) is 3.88. The Labute approximate surface area is 159 Å². The number of methoxy groups -OCH3 is 1. The minimum Gasteiger partial charge on any atom is -0.481 e. The molecule has 2 saturated carbocycles. The Morgan fingerprint density at radius 3 is 2.44 bits per heavy atom. The molecule has 27 heavy (non-hydrogen) atoms. The van der Waals surface area contributed by atoms with Gasteiger partial charge < -0.3 is 9.30 Å². The first-order chi connectivity index (χ1) is 13.2. The highest BCUT2D eigenvalue weighted by molar-refractivity contribution is 5.88. The number of fused-ring (bicyclic) bond motifs is 1. The molecule has 6 nitrogen and oxygen atoms in total. The molecule has 140 valence electrons. The smallest absolute Gasteiger partial charge is 0.213 e. The van der Waals surface area contributed by atoms with Crippen LogP contribution in [-0.4, -0.2) is 31.6 Å². The first-order valence-electron chi connectivity index (χ1n) is 9.95. The summed E-state index contributed by atoms with van der Waals surface area (Å²) in [6.07, 6.45) is 7.93. The van der Waals surface area contributed by atoms with Crippen molar-refractivity contribution in [2.24, 2.45) is 11.8 Å². The van der Waals surface area contributed by atoms with Crippen LogP contribution in [0.2, 0.25) is 0 Å². The lowest BCUT2D eigenvalue weighted by atomic mass is 10.1. The number of imidazole rings is 1. The van der Waals surface area contributed by atoms with Gasteiger partial charge in [-0.3, -0.25) is 0 Å². The van der Waals surface area contributed by atoms with Crippen molar-refractivity contribution in [3.63, 3.8) is 0 Å². The van der Waals surface area contributed by atoms with Gasteiger partial charge in [-0.05, 0) is 50.5 Å². The van der Waals surface area contributed by atoms with Crippen LogP contribution in [0.5, 0.6) is 5.88 Å². The van der Waals surface area contributed by atoms with E-state index in [1.807, 2.05) is 19.1 Å². The number of rotatable bonds is 6. The van der Waals surface area contributed by atoms with Gasteiger partial charge >= 0.3 is 0 Å². The Morgan fingerprint density at radius 1 is 1.11 bits per heavy atom. The van der Waals surface area contributed by atoms with Crippen molar-refractivity contribution >= 4 is 11.2 Å². The number of ether oxygens (including phenoxy) is 1. The standard InChI is InChI=1S/C21H25N5O/c1-4-16-25-19-18(15-9-10-17(27-3)24-12(15)2)22-11-23-21(19)26(16)20(13-5-6-13)14-7-8-14/h9-11,13-14,20H,4-8H2,1-3H3. The molecule has 0 saturated heterocycles. The van der Waals surface area contributed by atoms with Gasteiger partial charge in [-0.15, -0.1) is 0 Å². The second-order valence-electron chi connectivity index (χ2n) is 7.80. The third-order valence-electron chi connectivity index (χ3n) is 5.90. The molecule has 3 heterocycles. The largest absolute Gasteiger partial charge is 0.481 e. The topological polar surface area (TPSA) is 65.7 Å². The third kappa shape index (κ3) is 2.78. The summed E-state index contributed by atoms with van der Waals surface area (Å²) < 4.78 is 7.69. The van der Waals surface area contributed by atoms with Crippen LogP contribution in [0.1, 0.15) is 50.2 Å². The zero-order valence-electron chi connectivity index (χ0n) is 16.1. The van der Waals surface area contributed by atoms with Gasteiger partial charge in [0.1, 0.15) is 23.4 Å². The summed E-state index contributed by atoms with van der Waals surface area (Å²) in [5.41, 5.74) is 4.63. The highest BCUT2D eigenvalue weighted by Gasteiger charge is 2.44. The van der Waals surface area contributed by atoms with Gasteiger partial charge in [0.25, 0.3) is 0 Å². The molecule has 0 amide bonds. The number of hydrogen-bond donors (Lipinski definition) is 0. The Balaban J connectivity index is 1.70. The van der Waals surface area contributed by atoms with E-state index in [1.54, 1.807) is 13.4 Å². The second-order valence-corrected chi connectivity index (χ2v) is 7.80. The number of aromatic nitrogens is 5. The molecule has 5 rings (SSSR count). The van der Waals surface area contributed by atoms with Crippen LogP contribution >= 0.6 is 0 Å². The van der Waals surface area contributed by atoms with Gasteiger partial charge in [-0.1, -0.05) is 6.92 Å². The quantitative estimate of drug-likeness (QED) is 0.659. The van der Waals surface area contributed by atoms with Crippen LogP contribution in [0.25, 0.3) is 22.4 Å². The van der Waals surface area contributed by atoms with E-state index in [-0.39, 0.29) is 0 Å². The van der Waals surface area contributed by atoms with E-state index < -0.39 is 0 Å². The maximum absolute atomic E-state index is 5.25. The van der Waals surface area contributed by atoms with Gasteiger partial charge in [0.15, 0.2) is 5.65 Å². The molecule has 3 aromatic heterocycles. The van der Waals surface area contributed by atoms with Crippen LogP contribution in [0.3, 0.4) is 0 Å².